The standard InChI is InChI=1S/C14H11FN2O/c1-9-5-4-8-12-13(9)16-14(18)17(12)11-7-3-2-6-10(11)15/h2-8H,1H3,(H,16,18). The monoisotopic (exact) mass is 242 g/mol. The highest BCUT2D eigenvalue weighted by molar-refractivity contribution is 5.80. The van der Waals surface area contributed by atoms with Crippen LogP contribution in [0.5, 0.6) is 0 Å². The predicted octanol–water partition coefficient (Wildman–Crippen LogP) is 2.77. The van der Waals surface area contributed by atoms with E-state index in [0.717, 1.165) is 11.1 Å². The highest BCUT2D eigenvalue weighted by atomic mass is 19.1. The smallest absolute Gasteiger partial charge is 0.305 e. The van der Waals surface area contributed by atoms with Crippen molar-refractivity contribution in [1.29, 1.82) is 0 Å². The molecule has 0 saturated heterocycles. The van der Waals surface area contributed by atoms with Crippen LogP contribution in [0.25, 0.3) is 16.7 Å². The molecule has 1 heterocycles. The molecule has 3 aromatic rings. The van der Waals surface area contributed by atoms with Crippen molar-refractivity contribution in [3.05, 3.63) is 64.3 Å². The number of halogens is 1. The number of nitrogens with one attached hydrogen (secondary N) is 1. The van der Waals surface area contributed by atoms with Crippen molar-refractivity contribution < 1.29 is 4.39 Å². The summed E-state index contributed by atoms with van der Waals surface area (Å²) in [7, 11) is 0. The lowest BCUT2D eigenvalue weighted by Gasteiger charge is -2.04. The Bertz CT molecular complexity index is 786. The first-order valence-electron chi connectivity index (χ1n) is 5.64. The van der Waals surface area contributed by atoms with E-state index in [0.29, 0.717) is 5.52 Å². The molecule has 90 valence electrons. The first-order valence-corrected chi connectivity index (χ1v) is 5.64. The third-order valence-electron chi connectivity index (χ3n) is 3.02. The maximum Gasteiger partial charge on any atom is 0.331 e. The Kier molecular flexibility index (Phi) is 2.30. The number of aromatic amines is 1. The highest BCUT2D eigenvalue weighted by Gasteiger charge is 2.12. The molecule has 0 unspecified atom stereocenters. The Morgan fingerprint density at radius 2 is 1.89 bits per heavy atom. The summed E-state index contributed by atoms with van der Waals surface area (Å²) in [6.45, 7) is 1.91. The van der Waals surface area contributed by atoms with Gasteiger partial charge in [0.2, 0.25) is 0 Å². The summed E-state index contributed by atoms with van der Waals surface area (Å²) in [5.74, 6) is -0.415. The number of nitrogens with zero attached hydrogens (tertiary/aromatic N) is 1. The van der Waals surface area contributed by atoms with Crippen molar-refractivity contribution in [3.8, 4) is 5.69 Å². The molecule has 0 amide bonds. The second kappa shape index (κ2) is 3.84. The van der Waals surface area contributed by atoms with Gasteiger partial charge < -0.3 is 4.98 Å². The number of benzene rings is 2. The van der Waals surface area contributed by atoms with Crippen molar-refractivity contribution in [2.45, 2.75) is 6.92 Å². The second-order valence-corrected chi connectivity index (χ2v) is 4.19. The van der Waals surface area contributed by atoms with Gasteiger partial charge in [0.1, 0.15) is 5.82 Å². The molecule has 0 fully saturated rings. The van der Waals surface area contributed by atoms with Crippen LogP contribution in [0, 0.1) is 12.7 Å². The molecule has 2 aromatic carbocycles. The molecule has 1 aromatic heterocycles. The summed E-state index contributed by atoms with van der Waals surface area (Å²) in [5.41, 5.74) is 2.32. The minimum Gasteiger partial charge on any atom is -0.305 e. The summed E-state index contributed by atoms with van der Waals surface area (Å²) in [6, 6.07) is 11.8. The van der Waals surface area contributed by atoms with Gasteiger partial charge in [-0.05, 0) is 30.7 Å². The third kappa shape index (κ3) is 1.46. The Morgan fingerprint density at radius 3 is 2.67 bits per heavy atom. The summed E-state index contributed by atoms with van der Waals surface area (Å²) in [6.07, 6.45) is 0. The van der Waals surface area contributed by atoms with Crippen molar-refractivity contribution in [1.82, 2.24) is 9.55 Å². The van der Waals surface area contributed by atoms with Gasteiger partial charge in [-0.2, -0.15) is 0 Å². The average Bonchev–Trinajstić information content (AvgIpc) is 2.68. The van der Waals surface area contributed by atoms with Crippen LogP contribution in [0.2, 0.25) is 0 Å². The lowest BCUT2D eigenvalue weighted by atomic mass is 10.2. The van der Waals surface area contributed by atoms with E-state index in [2.05, 4.69) is 4.98 Å². The van der Waals surface area contributed by atoms with Crippen LogP contribution < -0.4 is 5.69 Å². The third-order valence-corrected chi connectivity index (χ3v) is 3.02. The maximum atomic E-state index is 13.8. The van der Waals surface area contributed by atoms with Gasteiger partial charge in [-0.1, -0.05) is 24.3 Å². The number of fused-ring (bicyclic) bond motifs is 1. The number of hydrogen-bond donors (Lipinski definition) is 1. The van der Waals surface area contributed by atoms with Gasteiger partial charge in [0.25, 0.3) is 0 Å². The van der Waals surface area contributed by atoms with Crippen LogP contribution in [-0.4, -0.2) is 9.55 Å². The zero-order chi connectivity index (χ0) is 12.7. The molecule has 0 aliphatic rings. The summed E-state index contributed by atoms with van der Waals surface area (Å²) in [4.78, 5) is 14.7. The molecular formula is C14H11FN2O. The van der Waals surface area contributed by atoms with Crippen LogP contribution in [0.1, 0.15) is 5.56 Å². The lowest BCUT2D eigenvalue weighted by molar-refractivity contribution is 0.618. The van der Waals surface area contributed by atoms with Crippen molar-refractivity contribution in [2.24, 2.45) is 0 Å². The molecule has 0 atom stereocenters. The van der Waals surface area contributed by atoms with Crippen molar-refractivity contribution in [3.63, 3.8) is 0 Å². The molecule has 0 spiro atoms. The number of para-hydroxylation sites is 2. The van der Waals surface area contributed by atoms with Gasteiger partial charge in [-0.25, -0.2) is 9.18 Å². The van der Waals surface area contributed by atoms with Crippen LogP contribution in [0.4, 0.5) is 4.39 Å². The molecule has 3 rings (SSSR count). The van der Waals surface area contributed by atoms with Crippen LogP contribution in [0.15, 0.2) is 47.3 Å². The fourth-order valence-electron chi connectivity index (χ4n) is 2.15. The van der Waals surface area contributed by atoms with Gasteiger partial charge in [0.15, 0.2) is 0 Å². The van der Waals surface area contributed by atoms with E-state index >= 15 is 0 Å². The first-order chi connectivity index (χ1) is 8.68. The van der Waals surface area contributed by atoms with Crippen LogP contribution in [0.3, 0.4) is 0 Å². The minimum atomic E-state index is -0.415. The Hall–Kier alpha value is -2.36. The zero-order valence-electron chi connectivity index (χ0n) is 9.77. The number of hydrogen-bond acceptors (Lipinski definition) is 1. The summed E-state index contributed by atoms with van der Waals surface area (Å²) in [5, 5.41) is 0. The Morgan fingerprint density at radius 1 is 1.11 bits per heavy atom. The van der Waals surface area contributed by atoms with E-state index < -0.39 is 5.82 Å². The molecule has 4 heteroatoms. The molecular weight excluding hydrogens is 231 g/mol. The van der Waals surface area contributed by atoms with Crippen molar-refractivity contribution in [2.75, 3.05) is 0 Å². The second-order valence-electron chi connectivity index (χ2n) is 4.19. The Labute approximate surface area is 103 Å². The Balaban J connectivity index is 2.44. The van der Waals surface area contributed by atoms with E-state index in [1.807, 2.05) is 19.1 Å². The van der Waals surface area contributed by atoms with E-state index in [1.54, 1.807) is 24.3 Å². The summed E-state index contributed by atoms with van der Waals surface area (Å²) >= 11 is 0. The molecule has 1 N–H and O–H groups in total. The molecule has 0 aliphatic heterocycles. The molecule has 3 nitrogen and oxygen atoms in total. The van der Waals surface area contributed by atoms with Gasteiger partial charge >= 0.3 is 5.69 Å². The molecule has 0 aliphatic carbocycles. The zero-order valence-corrected chi connectivity index (χ0v) is 9.77. The largest absolute Gasteiger partial charge is 0.331 e. The van der Waals surface area contributed by atoms with Crippen LogP contribution >= 0.6 is 0 Å². The van der Waals surface area contributed by atoms with E-state index in [9.17, 15) is 9.18 Å². The molecule has 0 bridgehead atoms. The van der Waals surface area contributed by atoms with E-state index in [4.69, 9.17) is 0 Å². The summed E-state index contributed by atoms with van der Waals surface area (Å²) < 4.78 is 15.1. The van der Waals surface area contributed by atoms with E-state index in [-0.39, 0.29) is 11.4 Å². The fraction of sp³-hybridized carbons (Fsp3) is 0.0714. The van der Waals surface area contributed by atoms with Gasteiger partial charge in [0.05, 0.1) is 16.7 Å². The number of aryl methyl sites for hydroxylation is 1. The minimum absolute atomic E-state index is 0.263. The SMILES string of the molecule is Cc1cccc2c1[nH]c(=O)n2-c1ccccc1F. The highest BCUT2D eigenvalue weighted by Crippen LogP contribution is 2.19. The number of aromatic nitrogens is 2. The van der Waals surface area contributed by atoms with Gasteiger partial charge in [0, 0.05) is 0 Å². The normalized spacial score (nSPS) is 11.0. The topological polar surface area (TPSA) is 37.8 Å². The van der Waals surface area contributed by atoms with Gasteiger partial charge in [-0.3, -0.25) is 4.57 Å². The fourth-order valence-corrected chi connectivity index (χ4v) is 2.15. The average molecular weight is 242 g/mol. The molecule has 0 saturated carbocycles. The number of rotatable bonds is 1. The molecule has 0 radical (unpaired) electrons. The van der Waals surface area contributed by atoms with Crippen LogP contribution in [-0.2, 0) is 0 Å². The predicted molar refractivity (Wildman–Crippen MR) is 68.6 cm³/mol. The number of imidazole rings is 1. The van der Waals surface area contributed by atoms with Crippen molar-refractivity contribution >= 4 is 11.0 Å². The number of H-pyrrole nitrogens is 1. The maximum absolute atomic E-state index is 13.8. The quantitative estimate of drug-likeness (QED) is 0.700. The first kappa shape index (κ1) is 10.8. The van der Waals surface area contributed by atoms with Gasteiger partial charge in [-0.15, -0.1) is 0 Å². The van der Waals surface area contributed by atoms with E-state index in [1.165, 1.54) is 10.6 Å². The molecule has 18 heavy (non-hydrogen) atoms. The lowest BCUT2D eigenvalue weighted by Crippen LogP contribution is -2.15.